The maximum absolute atomic E-state index is 11.3. The molecule has 2 bridgehead atoms. The molecule has 0 amide bonds. The summed E-state index contributed by atoms with van der Waals surface area (Å²) in [5, 5.41) is 0. The summed E-state index contributed by atoms with van der Waals surface area (Å²) < 4.78 is 22.7. The summed E-state index contributed by atoms with van der Waals surface area (Å²) in [5.74, 6) is 3.07. The van der Waals surface area contributed by atoms with Crippen molar-refractivity contribution in [2.75, 3.05) is 11.5 Å². The first-order valence-corrected chi connectivity index (χ1v) is 6.37. The predicted octanol–water partition coefficient (Wildman–Crippen LogP) is 0.853. The Balaban J connectivity index is 2.01. The fraction of sp³-hybridized carbons (Fsp3) is 0.778. The minimum Gasteiger partial charge on any atom is -0.229 e. The molecule has 3 rings (SSSR count). The second-order valence-corrected chi connectivity index (χ2v) is 6.51. The van der Waals surface area contributed by atoms with Crippen LogP contribution in [0.5, 0.6) is 0 Å². The van der Waals surface area contributed by atoms with Crippen LogP contribution in [0.15, 0.2) is 12.2 Å². The Labute approximate surface area is 72.6 Å². The quantitative estimate of drug-likeness (QED) is 0.523. The average Bonchev–Trinajstić information content (AvgIpc) is 2.54. The topological polar surface area (TPSA) is 34.1 Å². The van der Waals surface area contributed by atoms with Gasteiger partial charge in [-0.25, -0.2) is 8.42 Å². The molecule has 4 atom stereocenters. The third-order valence-corrected chi connectivity index (χ3v) is 5.48. The van der Waals surface area contributed by atoms with Crippen LogP contribution in [0.1, 0.15) is 6.42 Å². The Morgan fingerprint density at radius 1 is 1.00 bits per heavy atom. The Bertz CT molecular complexity index is 316. The lowest BCUT2D eigenvalue weighted by Gasteiger charge is -2.17. The van der Waals surface area contributed by atoms with Gasteiger partial charge in [0.25, 0.3) is 0 Å². The van der Waals surface area contributed by atoms with Gasteiger partial charge in [-0.2, -0.15) is 0 Å². The fourth-order valence-corrected chi connectivity index (χ4v) is 5.47. The minimum atomic E-state index is -2.67. The molecule has 1 saturated heterocycles. The molecule has 0 aromatic heterocycles. The van der Waals surface area contributed by atoms with E-state index in [0.29, 0.717) is 35.2 Å². The molecule has 3 aliphatic rings. The molecule has 1 heterocycles. The molecule has 2 aliphatic carbocycles. The van der Waals surface area contributed by atoms with Gasteiger partial charge in [0, 0.05) is 0 Å². The van der Waals surface area contributed by atoms with Gasteiger partial charge in [-0.05, 0) is 30.1 Å². The SMILES string of the molecule is O=S1(=O)CC2C3C=CC(C3)C2C1. The highest BCUT2D eigenvalue weighted by atomic mass is 32.2. The van der Waals surface area contributed by atoms with E-state index in [1.807, 2.05) is 0 Å². The van der Waals surface area contributed by atoms with E-state index < -0.39 is 9.84 Å². The maximum atomic E-state index is 11.3. The molecule has 2 fully saturated rings. The summed E-state index contributed by atoms with van der Waals surface area (Å²) in [5.41, 5.74) is 0. The Morgan fingerprint density at radius 2 is 1.50 bits per heavy atom. The Morgan fingerprint density at radius 3 is 2.00 bits per heavy atom. The first-order valence-electron chi connectivity index (χ1n) is 4.54. The molecule has 3 heteroatoms. The van der Waals surface area contributed by atoms with Crippen LogP contribution in [0.4, 0.5) is 0 Å². The van der Waals surface area contributed by atoms with Crippen LogP contribution in [0.2, 0.25) is 0 Å². The number of allylic oxidation sites excluding steroid dienone is 2. The number of hydrogen-bond donors (Lipinski definition) is 0. The highest BCUT2D eigenvalue weighted by Gasteiger charge is 2.51. The lowest BCUT2D eigenvalue weighted by atomic mass is 9.86. The van der Waals surface area contributed by atoms with Crippen molar-refractivity contribution < 1.29 is 8.42 Å². The van der Waals surface area contributed by atoms with Crippen molar-refractivity contribution in [2.24, 2.45) is 23.7 Å². The number of hydrogen-bond acceptors (Lipinski definition) is 2. The molecule has 12 heavy (non-hydrogen) atoms. The molecule has 66 valence electrons. The van der Waals surface area contributed by atoms with E-state index in [4.69, 9.17) is 0 Å². The van der Waals surface area contributed by atoms with E-state index in [0.717, 1.165) is 0 Å². The molecule has 1 saturated carbocycles. The van der Waals surface area contributed by atoms with Gasteiger partial charge in [-0.3, -0.25) is 0 Å². The van der Waals surface area contributed by atoms with Crippen molar-refractivity contribution in [3.05, 3.63) is 12.2 Å². The van der Waals surface area contributed by atoms with Crippen LogP contribution >= 0.6 is 0 Å². The van der Waals surface area contributed by atoms with Gasteiger partial charge >= 0.3 is 0 Å². The molecular formula is C9H12O2S. The summed E-state index contributed by atoms with van der Waals surface area (Å²) in [4.78, 5) is 0. The van der Waals surface area contributed by atoms with Crippen LogP contribution in [0.25, 0.3) is 0 Å². The Hall–Kier alpha value is -0.310. The molecule has 2 nitrogen and oxygen atoms in total. The normalized spacial score (nSPS) is 53.0. The van der Waals surface area contributed by atoms with E-state index in [2.05, 4.69) is 12.2 Å². The summed E-state index contributed by atoms with van der Waals surface area (Å²) in [6, 6.07) is 0. The van der Waals surface area contributed by atoms with Gasteiger partial charge in [0.2, 0.25) is 0 Å². The molecule has 1 aliphatic heterocycles. The fourth-order valence-electron chi connectivity index (χ4n) is 3.18. The number of fused-ring (bicyclic) bond motifs is 5. The number of rotatable bonds is 0. The first-order chi connectivity index (χ1) is 5.66. The smallest absolute Gasteiger partial charge is 0.150 e. The van der Waals surface area contributed by atoms with Crippen LogP contribution in [0.3, 0.4) is 0 Å². The van der Waals surface area contributed by atoms with Crippen LogP contribution in [-0.2, 0) is 9.84 Å². The van der Waals surface area contributed by atoms with Crippen molar-refractivity contribution in [1.29, 1.82) is 0 Å². The van der Waals surface area contributed by atoms with Crippen LogP contribution in [-0.4, -0.2) is 19.9 Å². The van der Waals surface area contributed by atoms with E-state index >= 15 is 0 Å². The third-order valence-electron chi connectivity index (χ3n) is 3.69. The van der Waals surface area contributed by atoms with Crippen molar-refractivity contribution in [1.82, 2.24) is 0 Å². The number of sulfone groups is 1. The van der Waals surface area contributed by atoms with E-state index in [1.54, 1.807) is 0 Å². The Kier molecular flexibility index (Phi) is 1.16. The van der Waals surface area contributed by atoms with Gasteiger partial charge in [0.15, 0.2) is 9.84 Å². The first kappa shape index (κ1) is 7.13. The second-order valence-electron chi connectivity index (χ2n) is 4.35. The van der Waals surface area contributed by atoms with Crippen molar-refractivity contribution in [3.63, 3.8) is 0 Å². The molecule has 0 spiro atoms. The van der Waals surface area contributed by atoms with Crippen molar-refractivity contribution in [2.45, 2.75) is 6.42 Å². The average molecular weight is 184 g/mol. The molecule has 4 unspecified atom stereocenters. The highest BCUT2D eigenvalue weighted by molar-refractivity contribution is 7.91. The lowest BCUT2D eigenvalue weighted by Crippen LogP contribution is -2.16. The summed E-state index contributed by atoms with van der Waals surface area (Å²) >= 11 is 0. The van der Waals surface area contributed by atoms with Gasteiger partial charge in [0.1, 0.15) is 0 Å². The monoisotopic (exact) mass is 184 g/mol. The molecule has 0 aromatic carbocycles. The van der Waals surface area contributed by atoms with E-state index in [-0.39, 0.29) is 0 Å². The van der Waals surface area contributed by atoms with Crippen molar-refractivity contribution in [3.8, 4) is 0 Å². The highest BCUT2D eigenvalue weighted by Crippen LogP contribution is 2.51. The van der Waals surface area contributed by atoms with Crippen LogP contribution < -0.4 is 0 Å². The molecular weight excluding hydrogens is 172 g/mol. The molecule has 0 N–H and O–H groups in total. The lowest BCUT2D eigenvalue weighted by molar-refractivity contribution is 0.395. The summed E-state index contributed by atoms with van der Waals surface area (Å²) in [6.45, 7) is 0. The predicted molar refractivity (Wildman–Crippen MR) is 46.4 cm³/mol. The minimum absolute atomic E-state index is 0.461. The maximum Gasteiger partial charge on any atom is 0.150 e. The largest absolute Gasteiger partial charge is 0.229 e. The molecule has 0 radical (unpaired) electrons. The van der Waals surface area contributed by atoms with E-state index in [1.165, 1.54) is 6.42 Å². The van der Waals surface area contributed by atoms with Crippen molar-refractivity contribution >= 4 is 9.84 Å². The molecule has 0 aromatic rings. The van der Waals surface area contributed by atoms with Gasteiger partial charge in [0.05, 0.1) is 11.5 Å². The van der Waals surface area contributed by atoms with Crippen LogP contribution in [0, 0.1) is 23.7 Å². The zero-order chi connectivity index (χ0) is 8.34. The second kappa shape index (κ2) is 1.95. The van der Waals surface area contributed by atoms with Gasteiger partial charge in [-0.15, -0.1) is 0 Å². The van der Waals surface area contributed by atoms with Gasteiger partial charge in [-0.1, -0.05) is 12.2 Å². The summed E-state index contributed by atoms with van der Waals surface area (Å²) in [6.07, 6.45) is 5.68. The van der Waals surface area contributed by atoms with E-state index in [9.17, 15) is 8.42 Å². The summed E-state index contributed by atoms with van der Waals surface area (Å²) in [7, 11) is -2.67. The third kappa shape index (κ3) is 0.777. The van der Waals surface area contributed by atoms with Gasteiger partial charge < -0.3 is 0 Å². The zero-order valence-electron chi connectivity index (χ0n) is 6.81. The standard InChI is InChI=1S/C9H12O2S/c10-12(11)4-8-6-1-2-7(3-6)9(8)5-12/h1-2,6-9H,3-5H2. The zero-order valence-corrected chi connectivity index (χ0v) is 7.63.